The molecule has 0 atom stereocenters. The van der Waals surface area contributed by atoms with E-state index in [1.54, 1.807) is 6.07 Å². The molecule has 3 nitrogen and oxygen atoms in total. The predicted octanol–water partition coefficient (Wildman–Crippen LogP) is 4.13. The van der Waals surface area contributed by atoms with Gasteiger partial charge in [-0.2, -0.15) is 0 Å². The van der Waals surface area contributed by atoms with Crippen LogP contribution in [-0.4, -0.2) is 16.0 Å². The van der Waals surface area contributed by atoms with Gasteiger partial charge >= 0.3 is 0 Å². The summed E-state index contributed by atoms with van der Waals surface area (Å²) in [6.45, 7) is 0. The zero-order valence-electron chi connectivity index (χ0n) is 12.0. The van der Waals surface area contributed by atoms with Gasteiger partial charge in [0.15, 0.2) is 0 Å². The minimum absolute atomic E-state index is 0.307. The van der Waals surface area contributed by atoms with Gasteiger partial charge in [-0.3, -0.25) is 0 Å². The summed E-state index contributed by atoms with van der Waals surface area (Å²) in [6.07, 6.45) is 3.57. The van der Waals surface area contributed by atoms with Gasteiger partial charge in [0, 0.05) is 11.4 Å². The minimum Gasteiger partial charge on any atom is -0.367 e. The summed E-state index contributed by atoms with van der Waals surface area (Å²) in [5, 5.41) is 4.17. The van der Waals surface area contributed by atoms with E-state index in [9.17, 15) is 4.39 Å². The van der Waals surface area contributed by atoms with E-state index in [-0.39, 0.29) is 5.82 Å². The summed E-state index contributed by atoms with van der Waals surface area (Å²) in [7, 11) is 0. The SMILES string of the molecule is Fc1cccc2c(NC3CC(c4ccccc4)C3)ncnc12. The second-order valence-electron chi connectivity index (χ2n) is 5.78. The molecule has 1 aliphatic carbocycles. The van der Waals surface area contributed by atoms with E-state index in [2.05, 4.69) is 39.6 Å². The van der Waals surface area contributed by atoms with Gasteiger partial charge < -0.3 is 5.32 Å². The van der Waals surface area contributed by atoms with Gasteiger partial charge in [0.25, 0.3) is 0 Å². The molecule has 1 heterocycles. The van der Waals surface area contributed by atoms with E-state index in [4.69, 9.17) is 0 Å². The third-order valence-electron chi connectivity index (χ3n) is 4.37. The van der Waals surface area contributed by atoms with Gasteiger partial charge in [0.05, 0.1) is 0 Å². The van der Waals surface area contributed by atoms with Crippen molar-refractivity contribution in [2.75, 3.05) is 5.32 Å². The van der Waals surface area contributed by atoms with Crippen LogP contribution in [0.15, 0.2) is 54.9 Å². The molecule has 2 aromatic carbocycles. The molecular formula is C18H16FN3. The average Bonchev–Trinajstić information content (AvgIpc) is 2.52. The van der Waals surface area contributed by atoms with Crippen molar-refractivity contribution < 1.29 is 4.39 Å². The van der Waals surface area contributed by atoms with Gasteiger partial charge in [0.1, 0.15) is 23.5 Å². The first-order chi connectivity index (χ1) is 10.8. The Bertz CT molecular complexity index is 798. The number of fused-ring (bicyclic) bond motifs is 1. The lowest BCUT2D eigenvalue weighted by Gasteiger charge is -2.36. The zero-order valence-corrected chi connectivity index (χ0v) is 12.0. The molecule has 0 aliphatic heterocycles. The Morgan fingerprint density at radius 2 is 1.77 bits per heavy atom. The largest absolute Gasteiger partial charge is 0.367 e. The molecule has 0 radical (unpaired) electrons. The molecule has 1 aromatic heterocycles. The molecule has 4 heteroatoms. The molecule has 0 saturated heterocycles. The topological polar surface area (TPSA) is 37.8 Å². The molecule has 0 bridgehead atoms. The molecule has 1 aliphatic rings. The van der Waals surface area contributed by atoms with Crippen LogP contribution >= 0.6 is 0 Å². The second kappa shape index (κ2) is 5.37. The summed E-state index contributed by atoms with van der Waals surface area (Å²) >= 11 is 0. The first kappa shape index (κ1) is 13.2. The van der Waals surface area contributed by atoms with E-state index >= 15 is 0 Å². The van der Waals surface area contributed by atoms with Crippen molar-refractivity contribution in [1.82, 2.24) is 9.97 Å². The van der Waals surface area contributed by atoms with E-state index in [1.807, 2.05) is 12.1 Å². The highest BCUT2D eigenvalue weighted by molar-refractivity contribution is 5.89. The van der Waals surface area contributed by atoms with Crippen LogP contribution in [0.25, 0.3) is 10.9 Å². The van der Waals surface area contributed by atoms with Crippen molar-refractivity contribution >= 4 is 16.7 Å². The van der Waals surface area contributed by atoms with Crippen molar-refractivity contribution in [3.8, 4) is 0 Å². The number of anilines is 1. The Hall–Kier alpha value is -2.49. The Labute approximate surface area is 128 Å². The smallest absolute Gasteiger partial charge is 0.149 e. The number of para-hydroxylation sites is 1. The summed E-state index contributed by atoms with van der Waals surface area (Å²) in [6, 6.07) is 15.9. The van der Waals surface area contributed by atoms with Crippen molar-refractivity contribution in [3.63, 3.8) is 0 Å². The number of nitrogens with zero attached hydrogens (tertiary/aromatic N) is 2. The molecule has 0 unspecified atom stereocenters. The first-order valence-corrected chi connectivity index (χ1v) is 7.52. The van der Waals surface area contributed by atoms with Crippen LogP contribution in [0.3, 0.4) is 0 Å². The fourth-order valence-corrected chi connectivity index (χ4v) is 3.09. The molecular weight excluding hydrogens is 277 g/mol. The van der Waals surface area contributed by atoms with Crippen LogP contribution in [0.4, 0.5) is 10.2 Å². The fraction of sp³-hybridized carbons (Fsp3) is 0.222. The summed E-state index contributed by atoms with van der Waals surface area (Å²) in [5.74, 6) is 1.02. The lowest BCUT2D eigenvalue weighted by Crippen LogP contribution is -2.34. The molecule has 1 fully saturated rings. The number of benzene rings is 2. The Morgan fingerprint density at radius 1 is 0.955 bits per heavy atom. The lowest BCUT2D eigenvalue weighted by atomic mass is 9.76. The van der Waals surface area contributed by atoms with Crippen LogP contribution in [-0.2, 0) is 0 Å². The maximum absolute atomic E-state index is 13.8. The number of nitrogens with one attached hydrogen (secondary N) is 1. The lowest BCUT2D eigenvalue weighted by molar-refractivity contribution is 0.373. The van der Waals surface area contributed by atoms with E-state index in [0.717, 1.165) is 24.0 Å². The van der Waals surface area contributed by atoms with Crippen LogP contribution < -0.4 is 5.32 Å². The third kappa shape index (κ3) is 2.30. The van der Waals surface area contributed by atoms with Crippen molar-refractivity contribution in [1.29, 1.82) is 0 Å². The van der Waals surface area contributed by atoms with Gasteiger partial charge in [-0.05, 0) is 36.5 Å². The number of hydrogen-bond acceptors (Lipinski definition) is 3. The Balaban J connectivity index is 1.51. The highest BCUT2D eigenvalue weighted by atomic mass is 19.1. The van der Waals surface area contributed by atoms with Crippen molar-refractivity contribution in [3.05, 3.63) is 66.2 Å². The van der Waals surface area contributed by atoms with Crippen LogP contribution in [0.1, 0.15) is 24.3 Å². The molecule has 0 amide bonds. The van der Waals surface area contributed by atoms with Crippen LogP contribution in [0, 0.1) is 5.82 Å². The highest BCUT2D eigenvalue weighted by Gasteiger charge is 2.30. The monoisotopic (exact) mass is 293 g/mol. The zero-order chi connectivity index (χ0) is 14.9. The number of rotatable bonds is 3. The summed E-state index contributed by atoms with van der Waals surface area (Å²) < 4.78 is 13.8. The van der Waals surface area contributed by atoms with Gasteiger partial charge in [-0.25, -0.2) is 14.4 Å². The molecule has 4 rings (SSSR count). The average molecular weight is 293 g/mol. The minimum atomic E-state index is -0.307. The molecule has 1 N–H and O–H groups in total. The Morgan fingerprint density at radius 3 is 2.59 bits per heavy atom. The molecule has 3 aromatic rings. The number of hydrogen-bond donors (Lipinski definition) is 1. The molecule has 22 heavy (non-hydrogen) atoms. The maximum atomic E-state index is 13.8. The third-order valence-corrected chi connectivity index (χ3v) is 4.37. The molecule has 0 spiro atoms. The standard InChI is InChI=1S/C18H16FN3/c19-16-8-4-7-15-17(16)20-11-21-18(15)22-14-9-13(10-14)12-5-2-1-3-6-12/h1-8,11,13-14H,9-10H2,(H,20,21,22). The second-order valence-corrected chi connectivity index (χ2v) is 5.78. The predicted molar refractivity (Wildman–Crippen MR) is 85.3 cm³/mol. The van der Waals surface area contributed by atoms with Crippen LogP contribution in [0.2, 0.25) is 0 Å². The normalized spacial score (nSPS) is 20.6. The van der Waals surface area contributed by atoms with Gasteiger partial charge in [-0.15, -0.1) is 0 Å². The Kier molecular flexibility index (Phi) is 3.22. The fourth-order valence-electron chi connectivity index (χ4n) is 3.09. The van der Waals surface area contributed by atoms with E-state index < -0.39 is 0 Å². The van der Waals surface area contributed by atoms with E-state index in [1.165, 1.54) is 18.0 Å². The summed E-state index contributed by atoms with van der Waals surface area (Å²) in [4.78, 5) is 8.31. The maximum Gasteiger partial charge on any atom is 0.149 e. The number of aromatic nitrogens is 2. The van der Waals surface area contributed by atoms with Crippen LogP contribution in [0.5, 0.6) is 0 Å². The molecule has 110 valence electrons. The number of halogens is 1. The van der Waals surface area contributed by atoms with Crippen molar-refractivity contribution in [2.24, 2.45) is 0 Å². The van der Waals surface area contributed by atoms with E-state index in [0.29, 0.717) is 17.5 Å². The highest BCUT2D eigenvalue weighted by Crippen LogP contribution is 2.38. The first-order valence-electron chi connectivity index (χ1n) is 7.52. The van der Waals surface area contributed by atoms with Crippen molar-refractivity contribution in [2.45, 2.75) is 24.8 Å². The van der Waals surface area contributed by atoms with Gasteiger partial charge in [0.2, 0.25) is 0 Å². The van der Waals surface area contributed by atoms with Gasteiger partial charge in [-0.1, -0.05) is 36.4 Å². The molecule has 1 saturated carbocycles. The quantitative estimate of drug-likeness (QED) is 0.789. The summed E-state index contributed by atoms with van der Waals surface area (Å²) in [5.41, 5.74) is 1.76.